The molecule has 5 atom stereocenters. The minimum atomic E-state index is -1.20. The molecule has 9 fully saturated rings. The molecule has 9 aliphatic rings. The molecule has 9 rings (SSSR count). The standard InChI is InChI=1S/C42H66O8/c1-8-38(6,34(44)49-37(4,5)40-17-27-13-28(18-40)15-29(14-27)19-40)25-39(7,24-36(2,3)33(43)48-32-11-9-10-12-47-32)35(45)50-42-22-30-16-31(23-42)21-41(46,20-30)26-42/h27-32,46H,8-26H2,1-7H3. The average Bonchev–Trinajstić information content (AvgIpc) is 2.98. The second-order valence-electron chi connectivity index (χ2n) is 20.8. The molecule has 0 aromatic rings. The smallest absolute Gasteiger partial charge is 0.313 e. The first-order chi connectivity index (χ1) is 23.3. The second kappa shape index (κ2) is 12.5. The molecule has 1 N–H and O–H groups in total. The zero-order valence-electron chi connectivity index (χ0n) is 32.2. The zero-order valence-corrected chi connectivity index (χ0v) is 32.2. The van der Waals surface area contributed by atoms with Gasteiger partial charge in [0.05, 0.1) is 28.5 Å². The molecule has 1 saturated heterocycles. The Bertz CT molecular complexity index is 1290. The summed E-state index contributed by atoms with van der Waals surface area (Å²) in [6.07, 6.45) is 14.8. The first-order valence-electron chi connectivity index (χ1n) is 20.3. The quantitative estimate of drug-likeness (QED) is 0.160. The van der Waals surface area contributed by atoms with Crippen LogP contribution in [-0.4, -0.2) is 52.7 Å². The van der Waals surface area contributed by atoms with E-state index in [0.29, 0.717) is 37.7 Å². The van der Waals surface area contributed by atoms with E-state index in [0.717, 1.165) is 82.0 Å². The van der Waals surface area contributed by atoms with Crippen LogP contribution in [0.5, 0.6) is 0 Å². The van der Waals surface area contributed by atoms with Gasteiger partial charge in [-0.1, -0.05) is 6.92 Å². The highest BCUT2D eigenvalue weighted by molar-refractivity contribution is 5.83. The summed E-state index contributed by atoms with van der Waals surface area (Å²) in [6, 6.07) is 0. The summed E-state index contributed by atoms with van der Waals surface area (Å²) >= 11 is 0. The largest absolute Gasteiger partial charge is 0.459 e. The predicted octanol–water partition coefficient (Wildman–Crippen LogP) is 8.45. The number of rotatable bonds is 12. The highest BCUT2D eigenvalue weighted by Crippen LogP contribution is 2.65. The van der Waals surface area contributed by atoms with E-state index in [1.54, 1.807) is 0 Å². The van der Waals surface area contributed by atoms with Gasteiger partial charge in [-0.3, -0.25) is 14.4 Å². The minimum Gasteiger partial charge on any atom is -0.459 e. The Morgan fingerprint density at radius 1 is 0.720 bits per heavy atom. The van der Waals surface area contributed by atoms with E-state index in [2.05, 4.69) is 13.8 Å². The van der Waals surface area contributed by atoms with E-state index < -0.39 is 45.3 Å². The number of esters is 3. The molecule has 8 bridgehead atoms. The molecule has 5 unspecified atom stereocenters. The van der Waals surface area contributed by atoms with Crippen LogP contribution in [0.3, 0.4) is 0 Å². The molecule has 0 radical (unpaired) electrons. The van der Waals surface area contributed by atoms with Gasteiger partial charge in [-0.2, -0.15) is 0 Å². The summed E-state index contributed by atoms with van der Waals surface area (Å²) in [6.45, 7) is 14.3. The topological polar surface area (TPSA) is 108 Å². The number of carbonyl (C=O) groups is 3. The van der Waals surface area contributed by atoms with Gasteiger partial charge in [-0.05, 0) is 174 Å². The fourth-order valence-electron chi connectivity index (χ4n) is 13.4. The fraction of sp³-hybridized carbons (Fsp3) is 0.929. The van der Waals surface area contributed by atoms with Crippen molar-refractivity contribution in [1.29, 1.82) is 0 Å². The van der Waals surface area contributed by atoms with Gasteiger partial charge in [0.2, 0.25) is 6.29 Å². The Morgan fingerprint density at radius 2 is 1.30 bits per heavy atom. The van der Waals surface area contributed by atoms with Crippen LogP contribution in [0.15, 0.2) is 0 Å². The maximum Gasteiger partial charge on any atom is 0.313 e. The summed E-state index contributed by atoms with van der Waals surface area (Å²) in [5, 5.41) is 11.5. The molecular weight excluding hydrogens is 632 g/mol. The lowest BCUT2D eigenvalue weighted by Crippen LogP contribution is -2.61. The first-order valence-corrected chi connectivity index (χ1v) is 20.3. The summed E-state index contributed by atoms with van der Waals surface area (Å²) in [4.78, 5) is 43.2. The molecule has 8 nitrogen and oxygen atoms in total. The van der Waals surface area contributed by atoms with Crippen molar-refractivity contribution in [1.82, 2.24) is 0 Å². The molecule has 1 aliphatic heterocycles. The van der Waals surface area contributed by atoms with Crippen LogP contribution in [0.25, 0.3) is 0 Å². The van der Waals surface area contributed by atoms with Gasteiger partial charge >= 0.3 is 17.9 Å². The van der Waals surface area contributed by atoms with Crippen LogP contribution in [0.2, 0.25) is 0 Å². The number of hydrogen-bond acceptors (Lipinski definition) is 8. The van der Waals surface area contributed by atoms with Gasteiger partial charge in [-0.25, -0.2) is 0 Å². The van der Waals surface area contributed by atoms with Crippen molar-refractivity contribution in [2.24, 2.45) is 51.2 Å². The monoisotopic (exact) mass is 698 g/mol. The third-order valence-electron chi connectivity index (χ3n) is 15.3. The van der Waals surface area contributed by atoms with Crippen molar-refractivity contribution >= 4 is 17.9 Å². The summed E-state index contributed by atoms with van der Waals surface area (Å²) in [7, 11) is 0. The molecule has 0 amide bonds. The number of aliphatic hydroxyl groups is 1. The Balaban J connectivity index is 1.14. The van der Waals surface area contributed by atoms with Crippen LogP contribution in [-0.2, 0) is 33.3 Å². The molecule has 0 aromatic carbocycles. The van der Waals surface area contributed by atoms with E-state index >= 15 is 0 Å². The molecular formula is C42H66O8. The lowest BCUT2D eigenvalue weighted by atomic mass is 9.46. The van der Waals surface area contributed by atoms with Gasteiger partial charge < -0.3 is 24.1 Å². The van der Waals surface area contributed by atoms with Crippen LogP contribution in [0.1, 0.15) is 164 Å². The SMILES string of the molecule is CCC(C)(CC(C)(CC(C)(C)C(=O)OC1CCCCO1)C(=O)OC12CC3CC(CC(O)(C3)C1)C2)C(=O)OC(C)(C)C12CC3CC(CC(C3)C1)C2. The molecule has 282 valence electrons. The highest BCUT2D eigenvalue weighted by Gasteiger charge is 2.62. The fourth-order valence-corrected chi connectivity index (χ4v) is 13.4. The third kappa shape index (κ3) is 6.69. The molecule has 8 heteroatoms. The maximum atomic E-state index is 14.8. The van der Waals surface area contributed by atoms with Crippen LogP contribution < -0.4 is 0 Å². The van der Waals surface area contributed by atoms with Crippen molar-refractivity contribution in [3.8, 4) is 0 Å². The number of hydrogen-bond donors (Lipinski definition) is 1. The first kappa shape index (κ1) is 36.7. The van der Waals surface area contributed by atoms with E-state index in [1.807, 2.05) is 34.6 Å². The Morgan fingerprint density at radius 3 is 1.82 bits per heavy atom. The Labute approximate surface area is 300 Å². The Hall–Kier alpha value is -1.67. The average molecular weight is 699 g/mol. The molecule has 0 spiro atoms. The predicted molar refractivity (Wildman–Crippen MR) is 188 cm³/mol. The molecule has 50 heavy (non-hydrogen) atoms. The van der Waals surface area contributed by atoms with Gasteiger partial charge in [-0.15, -0.1) is 0 Å². The van der Waals surface area contributed by atoms with E-state index in [9.17, 15) is 19.5 Å². The third-order valence-corrected chi connectivity index (χ3v) is 15.3. The van der Waals surface area contributed by atoms with E-state index in [1.165, 1.54) is 19.3 Å². The molecule has 1 heterocycles. The second-order valence-corrected chi connectivity index (χ2v) is 20.8. The molecule has 8 aliphatic carbocycles. The number of carbonyl (C=O) groups excluding carboxylic acids is 3. The van der Waals surface area contributed by atoms with Crippen molar-refractivity contribution in [2.75, 3.05) is 6.61 Å². The van der Waals surface area contributed by atoms with Crippen molar-refractivity contribution < 1.29 is 38.4 Å². The lowest BCUT2D eigenvalue weighted by molar-refractivity contribution is -0.229. The van der Waals surface area contributed by atoms with Crippen molar-refractivity contribution in [3.63, 3.8) is 0 Å². The summed E-state index contributed by atoms with van der Waals surface area (Å²) in [5.41, 5.74) is -5.35. The van der Waals surface area contributed by atoms with Crippen LogP contribution in [0.4, 0.5) is 0 Å². The van der Waals surface area contributed by atoms with Crippen LogP contribution in [0, 0.1) is 51.2 Å². The van der Waals surface area contributed by atoms with Crippen LogP contribution >= 0.6 is 0 Å². The Kier molecular flexibility index (Phi) is 9.13. The molecule has 8 saturated carbocycles. The van der Waals surface area contributed by atoms with E-state index in [-0.39, 0.29) is 30.2 Å². The van der Waals surface area contributed by atoms with Crippen molar-refractivity contribution in [3.05, 3.63) is 0 Å². The lowest BCUT2D eigenvalue weighted by Gasteiger charge is -2.61. The van der Waals surface area contributed by atoms with E-state index in [4.69, 9.17) is 18.9 Å². The summed E-state index contributed by atoms with van der Waals surface area (Å²) in [5.74, 6) is 1.85. The van der Waals surface area contributed by atoms with Gasteiger partial charge in [0, 0.05) is 18.3 Å². The molecule has 0 aromatic heterocycles. The minimum absolute atomic E-state index is 0.00000654. The number of ether oxygens (including phenoxy) is 4. The van der Waals surface area contributed by atoms with Gasteiger partial charge in [0.1, 0.15) is 11.2 Å². The maximum absolute atomic E-state index is 14.8. The summed E-state index contributed by atoms with van der Waals surface area (Å²) < 4.78 is 25.0. The highest BCUT2D eigenvalue weighted by atomic mass is 16.7. The normalized spacial score (nSPS) is 41.3. The van der Waals surface area contributed by atoms with Gasteiger partial charge in [0.15, 0.2) is 0 Å². The zero-order chi connectivity index (χ0) is 36.0. The van der Waals surface area contributed by atoms with Gasteiger partial charge in [0.25, 0.3) is 0 Å². The van der Waals surface area contributed by atoms with Crippen molar-refractivity contribution in [2.45, 2.75) is 187 Å².